The van der Waals surface area contributed by atoms with E-state index < -0.39 is 0 Å². The zero-order valence-corrected chi connectivity index (χ0v) is 17.1. The van der Waals surface area contributed by atoms with Gasteiger partial charge in [0, 0.05) is 0 Å². The quantitative estimate of drug-likeness (QED) is 0.340. The minimum atomic E-state index is 0.744. The molecule has 25 heavy (non-hydrogen) atoms. The second kappa shape index (κ2) is 8.28. The molecule has 0 spiro atoms. The number of benzene rings is 1. The molecule has 2 aliphatic rings. The molecule has 140 valence electrons. The van der Waals surface area contributed by atoms with Gasteiger partial charge in [0.05, 0.1) is 0 Å². The first-order valence-corrected chi connectivity index (χ1v) is 11.1. The minimum absolute atomic E-state index is 0.744. The summed E-state index contributed by atoms with van der Waals surface area (Å²) < 4.78 is 0. The molecule has 0 heterocycles. The SMILES string of the molecule is Cc1cc(CCCCCC2(C)CC2)ccc1CCCCCC1(C)CC1. The van der Waals surface area contributed by atoms with Crippen LogP contribution in [0, 0.1) is 17.8 Å². The third-order valence-electron chi connectivity index (χ3n) is 7.09. The van der Waals surface area contributed by atoms with Crippen molar-refractivity contribution < 1.29 is 0 Å². The number of hydrogen-bond donors (Lipinski definition) is 0. The normalized spacial score (nSPS) is 19.8. The summed E-state index contributed by atoms with van der Waals surface area (Å²) >= 11 is 0. The molecule has 0 aliphatic heterocycles. The van der Waals surface area contributed by atoms with E-state index in [-0.39, 0.29) is 0 Å². The van der Waals surface area contributed by atoms with Gasteiger partial charge in [-0.25, -0.2) is 0 Å². The van der Waals surface area contributed by atoms with Crippen molar-refractivity contribution in [1.29, 1.82) is 0 Å². The van der Waals surface area contributed by atoms with Gasteiger partial charge >= 0.3 is 0 Å². The van der Waals surface area contributed by atoms with E-state index in [1.165, 1.54) is 95.5 Å². The predicted molar refractivity (Wildman–Crippen MR) is 110 cm³/mol. The van der Waals surface area contributed by atoms with E-state index in [9.17, 15) is 0 Å². The summed E-state index contributed by atoms with van der Waals surface area (Å²) in [6.07, 6.45) is 19.8. The highest BCUT2D eigenvalue weighted by Crippen LogP contribution is 2.49. The van der Waals surface area contributed by atoms with Crippen molar-refractivity contribution >= 4 is 0 Å². The van der Waals surface area contributed by atoms with Crippen LogP contribution in [0.1, 0.15) is 108 Å². The van der Waals surface area contributed by atoms with Crippen LogP contribution in [0.4, 0.5) is 0 Å². The fourth-order valence-corrected chi connectivity index (χ4v) is 4.22. The Balaban J connectivity index is 1.29. The Morgan fingerprint density at radius 1 is 0.720 bits per heavy atom. The number of aryl methyl sites for hydroxylation is 3. The maximum absolute atomic E-state index is 2.46. The van der Waals surface area contributed by atoms with Gasteiger partial charge in [-0.05, 0) is 98.7 Å². The highest BCUT2D eigenvalue weighted by Gasteiger charge is 2.36. The van der Waals surface area contributed by atoms with Gasteiger partial charge in [0.1, 0.15) is 0 Å². The van der Waals surface area contributed by atoms with E-state index >= 15 is 0 Å². The highest BCUT2D eigenvalue weighted by atomic mass is 14.4. The maximum Gasteiger partial charge on any atom is -0.0276 e. The largest absolute Gasteiger partial charge is 0.0596 e. The first-order chi connectivity index (χ1) is 12.0. The van der Waals surface area contributed by atoms with Crippen molar-refractivity contribution in [2.75, 3.05) is 0 Å². The van der Waals surface area contributed by atoms with Crippen LogP contribution in [0.15, 0.2) is 18.2 Å². The van der Waals surface area contributed by atoms with Crippen molar-refractivity contribution in [1.82, 2.24) is 0 Å². The monoisotopic (exact) mass is 340 g/mol. The van der Waals surface area contributed by atoms with Crippen molar-refractivity contribution in [3.63, 3.8) is 0 Å². The van der Waals surface area contributed by atoms with Gasteiger partial charge in [0.25, 0.3) is 0 Å². The zero-order valence-electron chi connectivity index (χ0n) is 17.1. The average molecular weight is 341 g/mol. The molecule has 0 aromatic heterocycles. The van der Waals surface area contributed by atoms with Crippen LogP contribution >= 0.6 is 0 Å². The summed E-state index contributed by atoms with van der Waals surface area (Å²) in [5, 5.41) is 0. The summed E-state index contributed by atoms with van der Waals surface area (Å²) in [5.41, 5.74) is 6.16. The second-order valence-corrected chi connectivity index (χ2v) is 10.0. The molecule has 0 radical (unpaired) electrons. The van der Waals surface area contributed by atoms with Crippen molar-refractivity contribution in [3.8, 4) is 0 Å². The molecule has 0 unspecified atom stereocenters. The van der Waals surface area contributed by atoms with Gasteiger partial charge in [0.15, 0.2) is 0 Å². The molecule has 0 nitrogen and oxygen atoms in total. The van der Waals surface area contributed by atoms with Gasteiger partial charge in [-0.15, -0.1) is 0 Å². The number of hydrogen-bond acceptors (Lipinski definition) is 0. The van der Waals surface area contributed by atoms with Crippen LogP contribution in [-0.2, 0) is 12.8 Å². The molecule has 0 bridgehead atoms. The Hall–Kier alpha value is -0.780. The van der Waals surface area contributed by atoms with Gasteiger partial charge in [-0.1, -0.05) is 57.7 Å². The molecule has 3 rings (SSSR count). The topological polar surface area (TPSA) is 0 Å². The molecule has 0 amide bonds. The standard InChI is InChI=1S/C25H40/c1-21-20-22(10-6-4-8-14-24(2)16-17-24)12-13-23(21)11-7-5-9-15-25(3)18-19-25/h12-13,20H,4-11,14-19H2,1-3H3. The average Bonchev–Trinajstić information content (AvgIpc) is 3.49. The molecule has 2 fully saturated rings. The van der Waals surface area contributed by atoms with Crippen LogP contribution in [0.3, 0.4) is 0 Å². The molecule has 1 aromatic rings. The fourth-order valence-electron chi connectivity index (χ4n) is 4.22. The minimum Gasteiger partial charge on any atom is -0.0596 e. The molecule has 0 N–H and O–H groups in total. The molecule has 1 aromatic carbocycles. The summed E-state index contributed by atoms with van der Waals surface area (Å²) in [6, 6.07) is 7.27. The Kier molecular flexibility index (Phi) is 6.29. The summed E-state index contributed by atoms with van der Waals surface area (Å²) in [6.45, 7) is 7.24. The maximum atomic E-state index is 2.46. The highest BCUT2D eigenvalue weighted by molar-refractivity contribution is 5.31. The lowest BCUT2D eigenvalue weighted by Gasteiger charge is -2.11. The molecule has 2 aliphatic carbocycles. The third kappa shape index (κ3) is 6.46. The molecular formula is C25H40. The third-order valence-corrected chi connectivity index (χ3v) is 7.09. The van der Waals surface area contributed by atoms with Crippen LogP contribution in [0.2, 0.25) is 0 Å². The molecule has 0 atom stereocenters. The van der Waals surface area contributed by atoms with Crippen molar-refractivity contribution in [2.45, 2.75) is 111 Å². The Morgan fingerprint density at radius 3 is 1.80 bits per heavy atom. The van der Waals surface area contributed by atoms with Crippen LogP contribution in [-0.4, -0.2) is 0 Å². The van der Waals surface area contributed by atoms with Crippen LogP contribution in [0.25, 0.3) is 0 Å². The fraction of sp³-hybridized carbons (Fsp3) is 0.760. The molecule has 0 saturated heterocycles. The predicted octanol–water partition coefficient (Wildman–Crippen LogP) is 7.80. The first-order valence-electron chi connectivity index (χ1n) is 11.1. The first kappa shape index (κ1) is 19.0. The van der Waals surface area contributed by atoms with Crippen molar-refractivity contribution in [2.24, 2.45) is 10.8 Å². The smallest absolute Gasteiger partial charge is 0.0276 e. The lowest BCUT2D eigenvalue weighted by atomic mass is 9.95. The van der Waals surface area contributed by atoms with Crippen molar-refractivity contribution in [3.05, 3.63) is 34.9 Å². The van der Waals surface area contributed by atoms with E-state index in [4.69, 9.17) is 0 Å². The summed E-state index contributed by atoms with van der Waals surface area (Å²) in [4.78, 5) is 0. The zero-order chi connectivity index (χ0) is 17.8. The second-order valence-electron chi connectivity index (χ2n) is 10.0. The number of rotatable bonds is 12. The summed E-state index contributed by atoms with van der Waals surface area (Å²) in [7, 11) is 0. The van der Waals surface area contributed by atoms with E-state index in [0.29, 0.717) is 0 Å². The van der Waals surface area contributed by atoms with E-state index in [1.54, 1.807) is 11.1 Å². The van der Waals surface area contributed by atoms with E-state index in [0.717, 1.165) is 10.8 Å². The lowest BCUT2D eigenvalue weighted by Crippen LogP contribution is -1.96. The van der Waals surface area contributed by atoms with Gasteiger partial charge in [-0.3, -0.25) is 0 Å². The molecular weight excluding hydrogens is 300 g/mol. The Bertz CT molecular complexity index is 545. The number of unbranched alkanes of at least 4 members (excludes halogenated alkanes) is 4. The summed E-state index contributed by atoms with van der Waals surface area (Å²) in [5.74, 6) is 0. The lowest BCUT2D eigenvalue weighted by molar-refractivity contribution is 0.475. The Labute approximate surface area is 156 Å². The van der Waals surface area contributed by atoms with E-state index in [1.807, 2.05) is 0 Å². The van der Waals surface area contributed by atoms with Gasteiger partial charge < -0.3 is 0 Å². The molecule has 2 saturated carbocycles. The molecule has 0 heteroatoms. The Morgan fingerprint density at radius 2 is 1.28 bits per heavy atom. The van der Waals surface area contributed by atoms with Gasteiger partial charge in [0.2, 0.25) is 0 Å². The van der Waals surface area contributed by atoms with Gasteiger partial charge in [-0.2, -0.15) is 0 Å². The van der Waals surface area contributed by atoms with Crippen LogP contribution < -0.4 is 0 Å². The van der Waals surface area contributed by atoms with Crippen LogP contribution in [0.5, 0.6) is 0 Å². The van der Waals surface area contributed by atoms with E-state index in [2.05, 4.69) is 39.0 Å².